The molecule has 0 radical (unpaired) electrons. The lowest BCUT2D eigenvalue weighted by Crippen LogP contribution is -2.41. The predicted molar refractivity (Wildman–Crippen MR) is 80.3 cm³/mol. The van der Waals surface area contributed by atoms with E-state index < -0.39 is 0 Å². The first-order chi connectivity index (χ1) is 8.86. The minimum atomic E-state index is -0.234. The Morgan fingerprint density at radius 2 is 1.53 bits per heavy atom. The lowest BCUT2D eigenvalue weighted by atomic mass is 9.67. The highest BCUT2D eigenvalue weighted by molar-refractivity contribution is 6.47. The summed E-state index contributed by atoms with van der Waals surface area (Å²) in [4.78, 5) is 0. The molecular formula is C16H25BO2. The molecule has 0 N–H and O–H groups in total. The standard InChI is InChI=1S/C16H25BO2/c1-6-14(12-13-10-8-7-9-11-13)17-18-15(2,3)16(4,5)19-17/h7-11,14H,6,12H2,1-5H3. The molecule has 1 unspecified atom stereocenters. The van der Waals surface area contributed by atoms with Crippen molar-refractivity contribution in [3.63, 3.8) is 0 Å². The smallest absolute Gasteiger partial charge is 0.403 e. The van der Waals surface area contributed by atoms with Crippen molar-refractivity contribution >= 4 is 7.12 Å². The summed E-state index contributed by atoms with van der Waals surface area (Å²) in [6.07, 6.45) is 2.07. The highest BCUT2D eigenvalue weighted by atomic mass is 16.7. The number of rotatable bonds is 4. The minimum Gasteiger partial charge on any atom is -0.403 e. The van der Waals surface area contributed by atoms with Gasteiger partial charge in [0.25, 0.3) is 0 Å². The molecule has 1 saturated heterocycles. The maximum absolute atomic E-state index is 6.17. The van der Waals surface area contributed by atoms with E-state index in [0.717, 1.165) is 12.8 Å². The Morgan fingerprint density at radius 3 is 2.00 bits per heavy atom. The molecule has 1 heterocycles. The third-order valence-corrected chi connectivity index (χ3v) is 4.52. The summed E-state index contributed by atoms with van der Waals surface area (Å²) in [5.41, 5.74) is 0.882. The summed E-state index contributed by atoms with van der Waals surface area (Å²) in [5.74, 6) is 0.406. The van der Waals surface area contributed by atoms with E-state index in [1.54, 1.807) is 0 Å². The Balaban J connectivity index is 2.08. The van der Waals surface area contributed by atoms with E-state index in [1.165, 1.54) is 5.56 Å². The van der Waals surface area contributed by atoms with Crippen LogP contribution in [0.25, 0.3) is 0 Å². The molecule has 0 spiro atoms. The van der Waals surface area contributed by atoms with E-state index in [-0.39, 0.29) is 18.3 Å². The van der Waals surface area contributed by atoms with Gasteiger partial charge in [0.15, 0.2) is 0 Å². The van der Waals surface area contributed by atoms with E-state index in [4.69, 9.17) is 9.31 Å². The van der Waals surface area contributed by atoms with Crippen LogP contribution in [0.1, 0.15) is 46.6 Å². The summed E-state index contributed by atoms with van der Waals surface area (Å²) in [6, 6.07) is 10.6. The van der Waals surface area contributed by atoms with Gasteiger partial charge in [0, 0.05) is 0 Å². The van der Waals surface area contributed by atoms with Crippen LogP contribution in [0.4, 0.5) is 0 Å². The van der Waals surface area contributed by atoms with Crippen molar-refractivity contribution in [3.05, 3.63) is 35.9 Å². The zero-order chi connectivity index (χ0) is 14.1. The van der Waals surface area contributed by atoms with Gasteiger partial charge in [-0.25, -0.2) is 0 Å². The molecule has 1 aromatic rings. The fourth-order valence-corrected chi connectivity index (χ4v) is 2.43. The molecule has 0 aromatic heterocycles. The largest absolute Gasteiger partial charge is 0.461 e. The second-order valence-corrected chi connectivity index (χ2v) is 6.48. The maximum atomic E-state index is 6.17. The zero-order valence-electron chi connectivity index (χ0n) is 12.8. The van der Waals surface area contributed by atoms with Crippen molar-refractivity contribution in [1.29, 1.82) is 0 Å². The normalized spacial score (nSPS) is 22.5. The van der Waals surface area contributed by atoms with Gasteiger partial charge in [-0.15, -0.1) is 0 Å². The van der Waals surface area contributed by atoms with Gasteiger partial charge in [-0.2, -0.15) is 0 Å². The van der Waals surface area contributed by atoms with Gasteiger partial charge in [-0.1, -0.05) is 43.7 Å². The number of benzene rings is 1. The second kappa shape index (κ2) is 5.30. The summed E-state index contributed by atoms with van der Waals surface area (Å²) in [6.45, 7) is 10.7. The van der Waals surface area contributed by atoms with E-state index in [1.807, 2.05) is 0 Å². The first-order valence-electron chi connectivity index (χ1n) is 7.25. The van der Waals surface area contributed by atoms with Gasteiger partial charge in [0.2, 0.25) is 0 Å². The average Bonchev–Trinajstić information content (AvgIpc) is 2.56. The fourth-order valence-electron chi connectivity index (χ4n) is 2.43. The molecule has 3 heteroatoms. The Kier molecular flexibility index (Phi) is 4.07. The highest BCUT2D eigenvalue weighted by Crippen LogP contribution is 2.41. The van der Waals surface area contributed by atoms with E-state index in [9.17, 15) is 0 Å². The van der Waals surface area contributed by atoms with Gasteiger partial charge in [-0.05, 0) is 45.5 Å². The fraction of sp³-hybridized carbons (Fsp3) is 0.625. The van der Waals surface area contributed by atoms with Gasteiger partial charge in [0.05, 0.1) is 11.2 Å². The zero-order valence-corrected chi connectivity index (χ0v) is 12.8. The van der Waals surface area contributed by atoms with Gasteiger partial charge in [-0.3, -0.25) is 0 Å². The van der Waals surface area contributed by atoms with Crippen molar-refractivity contribution < 1.29 is 9.31 Å². The average molecular weight is 260 g/mol. The summed E-state index contributed by atoms with van der Waals surface area (Å²) >= 11 is 0. The maximum Gasteiger partial charge on any atom is 0.461 e. The van der Waals surface area contributed by atoms with E-state index in [2.05, 4.69) is 65.0 Å². The molecule has 1 aliphatic rings. The molecule has 1 atom stereocenters. The number of hydrogen-bond donors (Lipinski definition) is 0. The first kappa shape index (κ1) is 14.6. The Labute approximate surface area is 117 Å². The molecule has 0 aliphatic carbocycles. The highest BCUT2D eigenvalue weighted by Gasteiger charge is 2.53. The lowest BCUT2D eigenvalue weighted by molar-refractivity contribution is 0.00578. The molecule has 104 valence electrons. The Bertz CT molecular complexity index is 398. The van der Waals surface area contributed by atoms with Crippen LogP contribution in [0.15, 0.2) is 30.3 Å². The van der Waals surface area contributed by atoms with Gasteiger partial charge in [0.1, 0.15) is 0 Å². The van der Waals surface area contributed by atoms with Crippen LogP contribution in [0.5, 0.6) is 0 Å². The van der Waals surface area contributed by atoms with Crippen molar-refractivity contribution in [2.75, 3.05) is 0 Å². The third-order valence-electron chi connectivity index (χ3n) is 4.52. The van der Waals surface area contributed by atoms with Crippen LogP contribution in [-0.4, -0.2) is 18.3 Å². The van der Waals surface area contributed by atoms with Crippen LogP contribution >= 0.6 is 0 Å². The van der Waals surface area contributed by atoms with Crippen molar-refractivity contribution in [2.45, 2.75) is 64.5 Å². The summed E-state index contributed by atoms with van der Waals surface area (Å²) < 4.78 is 12.3. The molecule has 0 saturated carbocycles. The van der Waals surface area contributed by atoms with Crippen LogP contribution in [0.2, 0.25) is 5.82 Å². The van der Waals surface area contributed by atoms with E-state index in [0.29, 0.717) is 5.82 Å². The van der Waals surface area contributed by atoms with Crippen LogP contribution in [0.3, 0.4) is 0 Å². The van der Waals surface area contributed by atoms with Crippen LogP contribution in [-0.2, 0) is 15.7 Å². The third kappa shape index (κ3) is 3.03. The minimum absolute atomic E-state index is 0.102. The molecular weight excluding hydrogens is 235 g/mol. The van der Waals surface area contributed by atoms with E-state index >= 15 is 0 Å². The molecule has 0 amide bonds. The SMILES string of the molecule is CCC(Cc1ccccc1)B1OC(C)(C)C(C)(C)O1. The predicted octanol–water partition coefficient (Wildman–Crippen LogP) is 4.10. The lowest BCUT2D eigenvalue weighted by Gasteiger charge is -2.32. The first-order valence-corrected chi connectivity index (χ1v) is 7.25. The molecule has 1 aromatic carbocycles. The summed E-state index contributed by atoms with van der Waals surface area (Å²) in [7, 11) is -0.102. The monoisotopic (exact) mass is 260 g/mol. The Hall–Kier alpha value is -0.795. The summed E-state index contributed by atoms with van der Waals surface area (Å²) in [5, 5.41) is 0. The molecule has 2 nitrogen and oxygen atoms in total. The van der Waals surface area contributed by atoms with Gasteiger partial charge < -0.3 is 9.31 Å². The van der Waals surface area contributed by atoms with Crippen LogP contribution < -0.4 is 0 Å². The second-order valence-electron chi connectivity index (χ2n) is 6.48. The van der Waals surface area contributed by atoms with Crippen molar-refractivity contribution in [2.24, 2.45) is 0 Å². The van der Waals surface area contributed by atoms with Gasteiger partial charge >= 0.3 is 7.12 Å². The molecule has 1 fully saturated rings. The van der Waals surface area contributed by atoms with Crippen molar-refractivity contribution in [3.8, 4) is 0 Å². The van der Waals surface area contributed by atoms with Crippen molar-refractivity contribution in [1.82, 2.24) is 0 Å². The Morgan fingerprint density at radius 1 is 1.00 bits per heavy atom. The number of hydrogen-bond acceptors (Lipinski definition) is 2. The molecule has 2 rings (SSSR count). The topological polar surface area (TPSA) is 18.5 Å². The molecule has 19 heavy (non-hydrogen) atoms. The molecule has 1 aliphatic heterocycles. The van der Waals surface area contributed by atoms with Crippen LogP contribution in [0, 0.1) is 0 Å². The molecule has 0 bridgehead atoms. The quantitative estimate of drug-likeness (QED) is 0.759.